The van der Waals surface area contributed by atoms with Crippen molar-refractivity contribution in [2.24, 2.45) is 0 Å². The first-order chi connectivity index (χ1) is 6.86. The van der Waals surface area contributed by atoms with Gasteiger partial charge < -0.3 is 9.88 Å². The molecule has 0 radical (unpaired) electrons. The van der Waals surface area contributed by atoms with Gasteiger partial charge in [-0.15, -0.1) is 10.2 Å². The highest BCUT2D eigenvalue weighted by Gasteiger charge is 2.03. The van der Waals surface area contributed by atoms with Crippen molar-refractivity contribution in [3.63, 3.8) is 0 Å². The number of aromatic amines is 1. The van der Waals surface area contributed by atoms with Gasteiger partial charge in [0, 0.05) is 13.6 Å². The molecule has 0 spiro atoms. The maximum absolute atomic E-state index is 3.93. The van der Waals surface area contributed by atoms with Crippen LogP contribution in [0.1, 0.15) is 5.56 Å². The Balaban J connectivity index is 2.06. The summed E-state index contributed by atoms with van der Waals surface area (Å²) in [6.07, 6.45) is 1.58. The Morgan fingerprint density at radius 1 is 1.29 bits per heavy atom. The predicted octanol–water partition coefficient (Wildman–Crippen LogP) is 1.44. The van der Waals surface area contributed by atoms with E-state index in [1.54, 1.807) is 6.33 Å². The van der Waals surface area contributed by atoms with Gasteiger partial charge in [0.1, 0.15) is 6.33 Å². The smallest absolute Gasteiger partial charge is 0.224 e. The lowest BCUT2D eigenvalue weighted by Crippen LogP contribution is -2.17. The molecule has 0 amide bonds. The van der Waals surface area contributed by atoms with E-state index in [4.69, 9.17) is 0 Å². The maximum atomic E-state index is 3.93. The van der Waals surface area contributed by atoms with Crippen LogP contribution >= 0.6 is 0 Å². The average Bonchev–Trinajstić information content (AvgIpc) is 2.72. The summed E-state index contributed by atoms with van der Waals surface area (Å²) >= 11 is 0. The molecule has 14 heavy (non-hydrogen) atoms. The zero-order chi connectivity index (χ0) is 9.80. The molecular weight excluding hydrogens is 176 g/mol. The molecule has 0 fully saturated rings. The van der Waals surface area contributed by atoms with Crippen molar-refractivity contribution in [2.75, 3.05) is 11.9 Å². The van der Waals surface area contributed by atoms with Gasteiger partial charge in [0.2, 0.25) is 5.95 Å². The first-order valence-electron chi connectivity index (χ1n) is 4.47. The van der Waals surface area contributed by atoms with Crippen LogP contribution in [-0.2, 0) is 6.54 Å². The van der Waals surface area contributed by atoms with Crippen molar-refractivity contribution in [1.29, 1.82) is 0 Å². The number of benzene rings is 1. The molecule has 1 aromatic heterocycles. The van der Waals surface area contributed by atoms with Crippen molar-refractivity contribution in [3.05, 3.63) is 42.2 Å². The summed E-state index contributed by atoms with van der Waals surface area (Å²) in [5.74, 6) is 0.786. The molecule has 0 bridgehead atoms. The molecule has 72 valence electrons. The fraction of sp³-hybridized carbons (Fsp3) is 0.200. The molecule has 0 saturated carbocycles. The van der Waals surface area contributed by atoms with Gasteiger partial charge in [-0.05, 0) is 5.56 Å². The Morgan fingerprint density at radius 3 is 2.71 bits per heavy atom. The Morgan fingerprint density at radius 2 is 2.07 bits per heavy atom. The largest absolute Gasteiger partial charge is 0.340 e. The van der Waals surface area contributed by atoms with E-state index in [9.17, 15) is 0 Å². The number of rotatable bonds is 3. The van der Waals surface area contributed by atoms with Gasteiger partial charge in [-0.3, -0.25) is 0 Å². The van der Waals surface area contributed by atoms with Crippen molar-refractivity contribution >= 4 is 5.95 Å². The van der Waals surface area contributed by atoms with Crippen LogP contribution in [0.3, 0.4) is 0 Å². The van der Waals surface area contributed by atoms with Crippen molar-refractivity contribution in [1.82, 2.24) is 15.2 Å². The molecule has 0 atom stereocenters. The fourth-order valence-corrected chi connectivity index (χ4v) is 1.32. The quantitative estimate of drug-likeness (QED) is 0.792. The molecule has 1 N–H and O–H groups in total. The maximum Gasteiger partial charge on any atom is 0.224 e. The monoisotopic (exact) mass is 188 g/mol. The van der Waals surface area contributed by atoms with E-state index in [0.717, 1.165) is 12.5 Å². The van der Waals surface area contributed by atoms with Gasteiger partial charge in [-0.2, -0.15) is 0 Å². The first-order valence-corrected chi connectivity index (χ1v) is 4.47. The Labute approximate surface area is 82.6 Å². The number of nitrogens with one attached hydrogen (secondary N) is 1. The Kier molecular flexibility index (Phi) is 2.44. The minimum Gasteiger partial charge on any atom is -0.340 e. The minimum absolute atomic E-state index is 0.786. The van der Waals surface area contributed by atoms with E-state index in [1.165, 1.54) is 5.56 Å². The van der Waals surface area contributed by atoms with Gasteiger partial charge in [0.25, 0.3) is 0 Å². The lowest BCUT2D eigenvalue weighted by atomic mass is 10.2. The molecular formula is C10H12N4. The third-order valence-corrected chi connectivity index (χ3v) is 2.03. The van der Waals surface area contributed by atoms with Crippen LogP contribution in [0.15, 0.2) is 36.7 Å². The van der Waals surface area contributed by atoms with Crippen LogP contribution in [0.4, 0.5) is 5.95 Å². The third kappa shape index (κ3) is 1.90. The van der Waals surface area contributed by atoms with Crippen LogP contribution in [0.2, 0.25) is 0 Å². The molecule has 2 rings (SSSR count). The molecule has 1 heterocycles. The zero-order valence-electron chi connectivity index (χ0n) is 8.01. The van der Waals surface area contributed by atoms with Gasteiger partial charge in [0.05, 0.1) is 0 Å². The summed E-state index contributed by atoms with van der Waals surface area (Å²) in [5, 5.41) is 7.67. The molecule has 4 heteroatoms. The van der Waals surface area contributed by atoms with E-state index in [1.807, 2.05) is 30.1 Å². The van der Waals surface area contributed by atoms with E-state index in [-0.39, 0.29) is 0 Å². The number of H-pyrrole nitrogens is 1. The number of aromatic nitrogens is 3. The van der Waals surface area contributed by atoms with Crippen LogP contribution in [0.25, 0.3) is 0 Å². The fourth-order valence-electron chi connectivity index (χ4n) is 1.32. The van der Waals surface area contributed by atoms with Gasteiger partial charge in [-0.1, -0.05) is 30.3 Å². The molecule has 1 aromatic carbocycles. The second kappa shape index (κ2) is 3.91. The lowest BCUT2D eigenvalue weighted by Gasteiger charge is -2.14. The van der Waals surface area contributed by atoms with E-state index >= 15 is 0 Å². The number of hydrogen-bond donors (Lipinski definition) is 1. The molecule has 0 unspecified atom stereocenters. The van der Waals surface area contributed by atoms with Gasteiger partial charge in [-0.25, -0.2) is 0 Å². The highest BCUT2D eigenvalue weighted by Crippen LogP contribution is 2.07. The van der Waals surface area contributed by atoms with Crippen LogP contribution in [0, 0.1) is 0 Å². The van der Waals surface area contributed by atoms with Crippen LogP contribution in [-0.4, -0.2) is 22.2 Å². The van der Waals surface area contributed by atoms with Gasteiger partial charge >= 0.3 is 0 Å². The Bertz CT molecular complexity index is 368. The SMILES string of the molecule is CN(Cc1ccccc1)c1nnc[nH]1. The average molecular weight is 188 g/mol. The highest BCUT2D eigenvalue weighted by atomic mass is 15.3. The standard InChI is InChI=1S/C10H12N4/c1-14(10-11-8-12-13-10)7-9-5-3-2-4-6-9/h2-6,8H,7H2,1H3,(H,11,12,13). The normalized spacial score (nSPS) is 10.1. The summed E-state index contributed by atoms with van der Waals surface area (Å²) in [7, 11) is 1.98. The Hall–Kier alpha value is -1.84. The lowest BCUT2D eigenvalue weighted by molar-refractivity contribution is 0.871. The molecule has 2 aromatic rings. The summed E-state index contributed by atoms with van der Waals surface area (Å²) in [6, 6.07) is 10.3. The molecule has 0 aliphatic heterocycles. The number of nitrogens with zero attached hydrogens (tertiary/aromatic N) is 3. The van der Waals surface area contributed by atoms with E-state index in [0.29, 0.717) is 0 Å². The molecule has 4 nitrogen and oxygen atoms in total. The summed E-state index contributed by atoms with van der Waals surface area (Å²) in [4.78, 5) is 4.98. The van der Waals surface area contributed by atoms with Crippen molar-refractivity contribution < 1.29 is 0 Å². The number of anilines is 1. The topological polar surface area (TPSA) is 44.8 Å². The zero-order valence-corrected chi connectivity index (χ0v) is 8.01. The van der Waals surface area contributed by atoms with Crippen LogP contribution in [0.5, 0.6) is 0 Å². The molecule has 0 saturated heterocycles. The number of hydrogen-bond acceptors (Lipinski definition) is 3. The second-order valence-electron chi connectivity index (χ2n) is 3.15. The second-order valence-corrected chi connectivity index (χ2v) is 3.15. The predicted molar refractivity (Wildman–Crippen MR) is 54.9 cm³/mol. The van der Waals surface area contributed by atoms with E-state index < -0.39 is 0 Å². The third-order valence-electron chi connectivity index (χ3n) is 2.03. The molecule has 0 aliphatic rings. The van der Waals surface area contributed by atoms with Crippen molar-refractivity contribution in [2.45, 2.75) is 6.54 Å². The summed E-state index contributed by atoms with van der Waals surface area (Å²) in [5.41, 5.74) is 1.26. The van der Waals surface area contributed by atoms with Gasteiger partial charge in [0.15, 0.2) is 0 Å². The molecule has 0 aliphatic carbocycles. The highest BCUT2D eigenvalue weighted by molar-refractivity contribution is 5.28. The first kappa shape index (κ1) is 8.74. The summed E-state index contributed by atoms with van der Waals surface area (Å²) < 4.78 is 0. The minimum atomic E-state index is 0.786. The summed E-state index contributed by atoms with van der Waals surface area (Å²) in [6.45, 7) is 0.829. The van der Waals surface area contributed by atoms with Crippen molar-refractivity contribution in [3.8, 4) is 0 Å². The van der Waals surface area contributed by atoms with E-state index in [2.05, 4.69) is 27.3 Å². The van der Waals surface area contributed by atoms with Crippen LogP contribution < -0.4 is 4.90 Å².